The molecule has 2 aliphatic rings. The highest BCUT2D eigenvalue weighted by Crippen LogP contribution is 2.22. The molecule has 1 aromatic heterocycles. The van der Waals surface area contributed by atoms with Gasteiger partial charge in [-0.15, -0.1) is 0 Å². The van der Waals surface area contributed by atoms with Crippen molar-refractivity contribution in [3.05, 3.63) is 60.7 Å². The number of fused-ring (bicyclic) bond motifs is 1. The topological polar surface area (TPSA) is 44.6 Å². The van der Waals surface area contributed by atoms with E-state index < -0.39 is 0 Å². The Labute approximate surface area is 188 Å². The van der Waals surface area contributed by atoms with Gasteiger partial charge in [0.15, 0.2) is 0 Å². The van der Waals surface area contributed by atoms with Crippen molar-refractivity contribution in [1.29, 1.82) is 0 Å². The first-order valence-corrected chi connectivity index (χ1v) is 11.6. The number of likely N-dealkylation sites (tertiary alicyclic amines) is 1. The molecule has 2 fully saturated rings. The monoisotopic (exact) mass is 435 g/mol. The zero-order valence-corrected chi connectivity index (χ0v) is 18.4. The van der Waals surface area contributed by atoms with E-state index in [0.717, 1.165) is 68.8 Å². The van der Waals surface area contributed by atoms with Crippen molar-refractivity contribution in [2.24, 2.45) is 0 Å². The SMILES string of the molecule is O=C(CCn1cnc2ccccc21)N1CCCC(N2CCN(c3ccc(F)cc3)CC2)C1. The van der Waals surface area contributed by atoms with Crippen LogP contribution in [0.5, 0.6) is 0 Å². The lowest BCUT2D eigenvalue weighted by Crippen LogP contribution is -2.55. The molecule has 2 aromatic carbocycles. The molecule has 1 atom stereocenters. The van der Waals surface area contributed by atoms with Gasteiger partial charge in [0.05, 0.1) is 17.4 Å². The Balaban J connectivity index is 1.13. The molecular formula is C25H30FN5O. The number of piperidine rings is 1. The van der Waals surface area contributed by atoms with Gasteiger partial charge >= 0.3 is 0 Å². The van der Waals surface area contributed by atoms with E-state index in [4.69, 9.17) is 0 Å². The number of imidazole rings is 1. The van der Waals surface area contributed by atoms with Crippen molar-refractivity contribution < 1.29 is 9.18 Å². The van der Waals surface area contributed by atoms with Crippen LogP contribution in [-0.4, -0.2) is 70.6 Å². The fraction of sp³-hybridized carbons (Fsp3) is 0.440. The number of hydrogen-bond acceptors (Lipinski definition) is 4. The van der Waals surface area contributed by atoms with Crippen LogP contribution in [0, 0.1) is 5.82 Å². The van der Waals surface area contributed by atoms with Gasteiger partial charge in [0.2, 0.25) is 5.91 Å². The van der Waals surface area contributed by atoms with E-state index in [-0.39, 0.29) is 11.7 Å². The lowest BCUT2D eigenvalue weighted by atomic mass is 10.0. The number of halogens is 1. The maximum Gasteiger partial charge on any atom is 0.224 e. The molecule has 7 heteroatoms. The molecule has 0 spiro atoms. The van der Waals surface area contributed by atoms with Crippen LogP contribution in [0.25, 0.3) is 11.0 Å². The van der Waals surface area contributed by atoms with Gasteiger partial charge in [0.1, 0.15) is 5.82 Å². The van der Waals surface area contributed by atoms with E-state index in [1.165, 1.54) is 12.1 Å². The van der Waals surface area contributed by atoms with E-state index in [2.05, 4.69) is 30.3 Å². The molecule has 1 unspecified atom stereocenters. The van der Waals surface area contributed by atoms with Gasteiger partial charge in [0, 0.05) is 64.0 Å². The number of hydrogen-bond donors (Lipinski definition) is 0. The van der Waals surface area contributed by atoms with E-state index in [1.807, 2.05) is 36.7 Å². The second-order valence-corrected chi connectivity index (χ2v) is 8.81. The fourth-order valence-corrected chi connectivity index (χ4v) is 5.04. The Morgan fingerprint density at radius 3 is 2.59 bits per heavy atom. The highest BCUT2D eigenvalue weighted by Gasteiger charge is 2.30. The molecule has 6 nitrogen and oxygen atoms in total. The third kappa shape index (κ3) is 4.48. The highest BCUT2D eigenvalue weighted by atomic mass is 19.1. The number of para-hydroxylation sites is 2. The van der Waals surface area contributed by atoms with E-state index in [1.54, 1.807) is 0 Å². The second-order valence-electron chi connectivity index (χ2n) is 8.81. The molecule has 1 amide bonds. The molecular weight excluding hydrogens is 405 g/mol. The van der Waals surface area contributed by atoms with E-state index in [9.17, 15) is 9.18 Å². The van der Waals surface area contributed by atoms with Gasteiger partial charge in [-0.1, -0.05) is 12.1 Å². The molecule has 32 heavy (non-hydrogen) atoms. The van der Waals surface area contributed by atoms with Crippen molar-refractivity contribution in [2.45, 2.75) is 31.8 Å². The molecule has 0 bridgehead atoms. The number of amides is 1. The number of nitrogens with zero attached hydrogens (tertiary/aromatic N) is 5. The van der Waals surface area contributed by atoms with Crippen LogP contribution in [0.2, 0.25) is 0 Å². The second kappa shape index (κ2) is 9.28. The number of aryl methyl sites for hydroxylation is 1. The molecule has 2 aliphatic heterocycles. The largest absolute Gasteiger partial charge is 0.369 e. The summed E-state index contributed by atoms with van der Waals surface area (Å²) in [6.45, 7) is 6.16. The van der Waals surface area contributed by atoms with Gasteiger partial charge < -0.3 is 14.4 Å². The molecule has 0 aliphatic carbocycles. The van der Waals surface area contributed by atoms with Crippen molar-refractivity contribution in [2.75, 3.05) is 44.2 Å². The van der Waals surface area contributed by atoms with Crippen LogP contribution in [0.4, 0.5) is 10.1 Å². The van der Waals surface area contributed by atoms with Gasteiger partial charge in [-0.3, -0.25) is 9.69 Å². The van der Waals surface area contributed by atoms with Crippen LogP contribution in [0.3, 0.4) is 0 Å². The number of carbonyl (C=O) groups is 1. The molecule has 168 valence electrons. The summed E-state index contributed by atoms with van der Waals surface area (Å²) in [7, 11) is 0. The van der Waals surface area contributed by atoms with Crippen molar-refractivity contribution in [3.63, 3.8) is 0 Å². The van der Waals surface area contributed by atoms with Crippen molar-refractivity contribution >= 4 is 22.6 Å². The maximum atomic E-state index is 13.2. The molecule has 0 N–H and O–H groups in total. The number of benzene rings is 2. The van der Waals surface area contributed by atoms with Crippen molar-refractivity contribution in [3.8, 4) is 0 Å². The lowest BCUT2D eigenvalue weighted by Gasteiger charge is -2.44. The Morgan fingerprint density at radius 1 is 1.00 bits per heavy atom. The third-order valence-corrected chi connectivity index (χ3v) is 6.87. The average molecular weight is 436 g/mol. The molecule has 2 saturated heterocycles. The Kier molecular flexibility index (Phi) is 6.08. The minimum absolute atomic E-state index is 0.194. The fourth-order valence-electron chi connectivity index (χ4n) is 5.04. The number of carbonyl (C=O) groups excluding carboxylic acids is 1. The third-order valence-electron chi connectivity index (χ3n) is 6.87. The summed E-state index contributed by atoms with van der Waals surface area (Å²) in [5.74, 6) is 0.0398. The first-order chi connectivity index (χ1) is 15.7. The van der Waals surface area contributed by atoms with Crippen LogP contribution >= 0.6 is 0 Å². The summed E-state index contributed by atoms with van der Waals surface area (Å²) in [6, 6.07) is 15.2. The molecule has 3 heterocycles. The first-order valence-electron chi connectivity index (χ1n) is 11.6. The molecule has 3 aromatic rings. The predicted octanol–water partition coefficient (Wildman–Crippen LogP) is 3.38. The Bertz CT molecular complexity index is 1060. The zero-order chi connectivity index (χ0) is 21.9. The number of aromatic nitrogens is 2. The smallest absolute Gasteiger partial charge is 0.224 e. The normalized spacial score (nSPS) is 20.1. The van der Waals surface area contributed by atoms with Gasteiger partial charge in [-0.05, 0) is 49.2 Å². The van der Waals surface area contributed by atoms with Gasteiger partial charge in [-0.2, -0.15) is 0 Å². The number of rotatable bonds is 5. The molecule has 0 radical (unpaired) electrons. The van der Waals surface area contributed by atoms with Crippen LogP contribution in [0.1, 0.15) is 19.3 Å². The Hall–Kier alpha value is -2.93. The summed E-state index contributed by atoms with van der Waals surface area (Å²) >= 11 is 0. The summed E-state index contributed by atoms with van der Waals surface area (Å²) in [6.07, 6.45) is 4.54. The van der Waals surface area contributed by atoms with Crippen molar-refractivity contribution in [1.82, 2.24) is 19.4 Å². The molecule has 5 rings (SSSR count). The van der Waals surface area contributed by atoms with Crippen LogP contribution in [0.15, 0.2) is 54.9 Å². The summed E-state index contributed by atoms with van der Waals surface area (Å²) < 4.78 is 15.3. The quantitative estimate of drug-likeness (QED) is 0.616. The highest BCUT2D eigenvalue weighted by molar-refractivity contribution is 5.77. The summed E-state index contributed by atoms with van der Waals surface area (Å²) in [5.41, 5.74) is 3.13. The number of anilines is 1. The summed E-state index contributed by atoms with van der Waals surface area (Å²) in [4.78, 5) is 24.3. The van der Waals surface area contributed by atoms with Crippen LogP contribution in [-0.2, 0) is 11.3 Å². The van der Waals surface area contributed by atoms with E-state index in [0.29, 0.717) is 19.0 Å². The first kappa shape index (κ1) is 20.9. The zero-order valence-electron chi connectivity index (χ0n) is 18.4. The molecule has 0 saturated carbocycles. The Morgan fingerprint density at radius 2 is 1.78 bits per heavy atom. The minimum atomic E-state index is -0.194. The maximum absolute atomic E-state index is 13.2. The van der Waals surface area contributed by atoms with Gasteiger partial charge in [-0.25, -0.2) is 9.37 Å². The average Bonchev–Trinajstić information content (AvgIpc) is 3.26. The standard InChI is InChI=1S/C25H30FN5O/c26-20-7-9-21(10-8-20)28-14-16-29(17-15-28)22-4-3-12-30(18-22)25(32)11-13-31-19-27-23-5-1-2-6-24(23)31/h1-2,5-10,19,22H,3-4,11-18H2. The van der Waals surface area contributed by atoms with Gasteiger partial charge in [0.25, 0.3) is 0 Å². The summed E-state index contributed by atoms with van der Waals surface area (Å²) in [5, 5.41) is 0. The van der Waals surface area contributed by atoms with Crippen LogP contribution < -0.4 is 4.90 Å². The number of piperazine rings is 1. The predicted molar refractivity (Wildman–Crippen MR) is 124 cm³/mol. The van der Waals surface area contributed by atoms with E-state index >= 15 is 0 Å². The lowest BCUT2D eigenvalue weighted by molar-refractivity contribution is -0.133. The minimum Gasteiger partial charge on any atom is -0.369 e.